The second-order valence-corrected chi connectivity index (χ2v) is 6.05. The van der Waals surface area contributed by atoms with Crippen molar-refractivity contribution in [2.75, 3.05) is 32.9 Å². The number of alkyl halides is 1. The van der Waals surface area contributed by atoms with Crippen LogP contribution in [0.4, 0.5) is 4.39 Å². The van der Waals surface area contributed by atoms with E-state index in [-0.39, 0.29) is 36.6 Å². The summed E-state index contributed by atoms with van der Waals surface area (Å²) in [5.74, 6) is 0.124. The van der Waals surface area contributed by atoms with E-state index >= 15 is 0 Å². The average Bonchev–Trinajstić information content (AvgIpc) is 2.37. The van der Waals surface area contributed by atoms with Gasteiger partial charge in [0, 0.05) is 36.2 Å². The SMILES string of the molecule is Cl.Cl.Oc1c(Br)cc(Br)cc1[C@@H](CF)N1CCNCC1. The van der Waals surface area contributed by atoms with Crippen molar-refractivity contribution >= 4 is 56.7 Å². The molecule has 0 unspecified atom stereocenters. The third-order valence-electron chi connectivity index (χ3n) is 3.16. The number of piperazine rings is 1. The van der Waals surface area contributed by atoms with E-state index < -0.39 is 6.67 Å². The highest BCUT2D eigenvalue weighted by molar-refractivity contribution is 9.11. The molecule has 1 heterocycles. The van der Waals surface area contributed by atoms with Gasteiger partial charge in [-0.1, -0.05) is 15.9 Å². The lowest BCUT2D eigenvalue weighted by molar-refractivity contribution is 0.145. The molecule has 0 radical (unpaired) electrons. The number of halogens is 5. The second kappa shape index (κ2) is 9.43. The van der Waals surface area contributed by atoms with Gasteiger partial charge in [0.05, 0.1) is 10.5 Å². The Kier molecular flexibility index (Phi) is 9.63. The molecule has 0 bridgehead atoms. The summed E-state index contributed by atoms with van der Waals surface area (Å²) >= 11 is 6.66. The molecule has 8 heteroatoms. The lowest BCUT2D eigenvalue weighted by Gasteiger charge is -2.34. The number of nitrogens with one attached hydrogen (secondary N) is 1. The monoisotopic (exact) mass is 452 g/mol. The maximum absolute atomic E-state index is 13.4. The van der Waals surface area contributed by atoms with Crippen molar-refractivity contribution in [1.82, 2.24) is 10.2 Å². The molecule has 1 aliphatic heterocycles. The van der Waals surface area contributed by atoms with Crippen LogP contribution in [0.2, 0.25) is 0 Å². The van der Waals surface area contributed by atoms with Crippen molar-refractivity contribution < 1.29 is 9.50 Å². The van der Waals surface area contributed by atoms with Crippen LogP contribution in [0.5, 0.6) is 5.75 Å². The number of benzene rings is 1. The first-order chi connectivity index (χ1) is 8.63. The molecule has 0 aromatic heterocycles. The quantitative estimate of drug-likeness (QED) is 0.731. The molecule has 3 nitrogen and oxygen atoms in total. The number of phenolic OH excluding ortho intramolecular Hbond substituents is 1. The van der Waals surface area contributed by atoms with Gasteiger partial charge in [-0.2, -0.15) is 0 Å². The molecule has 1 aromatic rings. The van der Waals surface area contributed by atoms with E-state index in [1.54, 1.807) is 12.1 Å². The Morgan fingerprint density at radius 1 is 1.25 bits per heavy atom. The van der Waals surface area contributed by atoms with Crippen molar-refractivity contribution in [3.63, 3.8) is 0 Å². The van der Waals surface area contributed by atoms with Gasteiger partial charge in [-0.15, -0.1) is 24.8 Å². The minimum atomic E-state index is -0.504. The Morgan fingerprint density at radius 2 is 1.85 bits per heavy atom. The molecular formula is C12H17Br2Cl2FN2O. The van der Waals surface area contributed by atoms with Gasteiger partial charge in [0.25, 0.3) is 0 Å². The highest BCUT2D eigenvalue weighted by Gasteiger charge is 2.25. The summed E-state index contributed by atoms with van der Waals surface area (Å²) in [6.45, 7) is 2.78. The Hall–Kier alpha value is 0.410. The molecule has 1 aromatic carbocycles. The summed E-state index contributed by atoms with van der Waals surface area (Å²) in [7, 11) is 0. The van der Waals surface area contributed by atoms with Crippen LogP contribution >= 0.6 is 56.7 Å². The summed E-state index contributed by atoms with van der Waals surface area (Å²) < 4.78 is 14.8. The van der Waals surface area contributed by atoms with E-state index in [1.807, 2.05) is 0 Å². The molecule has 0 saturated carbocycles. The predicted octanol–water partition coefficient (Wildman–Crippen LogP) is 3.68. The number of aromatic hydroxyl groups is 1. The van der Waals surface area contributed by atoms with Gasteiger partial charge < -0.3 is 10.4 Å². The largest absolute Gasteiger partial charge is 0.506 e. The number of nitrogens with zero attached hydrogens (tertiary/aromatic N) is 1. The number of phenols is 1. The minimum Gasteiger partial charge on any atom is -0.506 e. The van der Waals surface area contributed by atoms with Gasteiger partial charge in [0.1, 0.15) is 12.4 Å². The zero-order valence-electron chi connectivity index (χ0n) is 10.6. The van der Waals surface area contributed by atoms with E-state index in [1.165, 1.54) is 0 Å². The van der Waals surface area contributed by atoms with Crippen molar-refractivity contribution in [1.29, 1.82) is 0 Å². The van der Waals surface area contributed by atoms with Gasteiger partial charge in [-0.25, -0.2) is 4.39 Å². The van der Waals surface area contributed by atoms with Gasteiger partial charge in [-0.05, 0) is 28.1 Å². The molecule has 1 fully saturated rings. The molecule has 2 rings (SSSR count). The Labute approximate surface area is 147 Å². The number of hydrogen-bond donors (Lipinski definition) is 2. The van der Waals surface area contributed by atoms with Crippen LogP contribution in [-0.2, 0) is 0 Å². The fourth-order valence-electron chi connectivity index (χ4n) is 2.21. The maximum atomic E-state index is 13.4. The molecule has 0 spiro atoms. The van der Waals surface area contributed by atoms with E-state index in [2.05, 4.69) is 42.1 Å². The van der Waals surface area contributed by atoms with E-state index in [4.69, 9.17) is 0 Å². The van der Waals surface area contributed by atoms with Crippen LogP contribution < -0.4 is 5.32 Å². The molecule has 1 saturated heterocycles. The maximum Gasteiger partial charge on any atom is 0.134 e. The lowest BCUT2D eigenvalue weighted by Crippen LogP contribution is -2.45. The zero-order chi connectivity index (χ0) is 13.1. The predicted molar refractivity (Wildman–Crippen MR) is 91.2 cm³/mol. The third-order valence-corrected chi connectivity index (χ3v) is 4.22. The fourth-order valence-corrected chi connectivity index (χ4v) is 3.47. The first kappa shape index (κ1) is 20.4. The van der Waals surface area contributed by atoms with Gasteiger partial charge >= 0.3 is 0 Å². The van der Waals surface area contributed by atoms with Crippen LogP contribution in [0.25, 0.3) is 0 Å². The van der Waals surface area contributed by atoms with Gasteiger partial charge in [0.2, 0.25) is 0 Å². The van der Waals surface area contributed by atoms with Crippen molar-refractivity contribution in [3.8, 4) is 5.75 Å². The molecule has 1 aliphatic rings. The number of hydrogen-bond acceptors (Lipinski definition) is 3. The third kappa shape index (κ3) is 4.71. The average molecular weight is 455 g/mol. The van der Waals surface area contributed by atoms with Crippen LogP contribution in [0.15, 0.2) is 21.1 Å². The topological polar surface area (TPSA) is 35.5 Å². The lowest BCUT2D eigenvalue weighted by atomic mass is 10.0. The van der Waals surface area contributed by atoms with Gasteiger partial charge in [0.15, 0.2) is 0 Å². The first-order valence-corrected chi connectivity index (χ1v) is 7.40. The molecule has 0 amide bonds. The molecule has 20 heavy (non-hydrogen) atoms. The molecular weight excluding hydrogens is 438 g/mol. The van der Waals surface area contributed by atoms with E-state index in [0.717, 1.165) is 30.7 Å². The van der Waals surface area contributed by atoms with Crippen LogP contribution in [-0.4, -0.2) is 42.9 Å². The Morgan fingerprint density at radius 3 is 2.40 bits per heavy atom. The summed E-state index contributed by atoms with van der Waals surface area (Å²) in [4.78, 5) is 2.06. The standard InChI is InChI=1S/C12H15Br2FN2O.2ClH/c13-8-5-9(12(18)10(14)6-8)11(7-15)17-3-1-16-2-4-17;;/h5-6,11,16,18H,1-4,7H2;2*1H/t11-;;/m1../s1. The Bertz CT molecular complexity index is 434. The normalized spacial score (nSPS) is 16.9. The highest BCUT2D eigenvalue weighted by Crippen LogP contribution is 2.37. The summed E-state index contributed by atoms with van der Waals surface area (Å²) in [5, 5.41) is 13.3. The minimum absolute atomic E-state index is 0. The van der Waals surface area contributed by atoms with Crippen molar-refractivity contribution in [2.45, 2.75) is 6.04 Å². The van der Waals surface area contributed by atoms with E-state index in [9.17, 15) is 9.50 Å². The second-order valence-electron chi connectivity index (χ2n) is 4.28. The van der Waals surface area contributed by atoms with Crippen LogP contribution in [0.1, 0.15) is 11.6 Å². The first-order valence-electron chi connectivity index (χ1n) is 5.82. The smallest absolute Gasteiger partial charge is 0.134 e. The highest BCUT2D eigenvalue weighted by atomic mass is 79.9. The van der Waals surface area contributed by atoms with Crippen molar-refractivity contribution in [3.05, 3.63) is 26.6 Å². The van der Waals surface area contributed by atoms with Crippen LogP contribution in [0.3, 0.4) is 0 Å². The van der Waals surface area contributed by atoms with Crippen LogP contribution in [0, 0.1) is 0 Å². The zero-order valence-corrected chi connectivity index (χ0v) is 15.4. The fraction of sp³-hybridized carbons (Fsp3) is 0.500. The Balaban J connectivity index is 0.00000180. The summed E-state index contributed by atoms with van der Waals surface area (Å²) in [6.07, 6.45) is 0. The van der Waals surface area contributed by atoms with Crippen molar-refractivity contribution in [2.24, 2.45) is 0 Å². The summed E-state index contributed by atoms with van der Waals surface area (Å²) in [6, 6.07) is 3.15. The number of rotatable bonds is 3. The molecule has 116 valence electrons. The van der Waals surface area contributed by atoms with E-state index in [0.29, 0.717) is 10.0 Å². The summed E-state index contributed by atoms with van der Waals surface area (Å²) in [5.41, 5.74) is 0.626. The molecule has 1 atom stereocenters. The molecule has 0 aliphatic carbocycles. The van der Waals surface area contributed by atoms with Gasteiger partial charge in [-0.3, -0.25) is 4.90 Å². The molecule has 2 N–H and O–H groups in total.